The van der Waals surface area contributed by atoms with Gasteiger partial charge in [0.05, 0.1) is 6.04 Å². The molecule has 4 heteroatoms. The summed E-state index contributed by atoms with van der Waals surface area (Å²) in [6, 6.07) is 8.54. The molecule has 1 aromatic carbocycles. The third-order valence-corrected chi connectivity index (χ3v) is 4.22. The Hall–Kier alpha value is -1.29. The van der Waals surface area contributed by atoms with Crippen LogP contribution in [0.2, 0.25) is 0 Å². The van der Waals surface area contributed by atoms with Gasteiger partial charge in [-0.05, 0) is 44.7 Å². The van der Waals surface area contributed by atoms with Crippen molar-refractivity contribution in [3.05, 3.63) is 41.5 Å². The number of carbonyl (C=O) groups is 1. The monoisotopic (exact) mass is 365 g/mol. The van der Waals surface area contributed by atoms with E-state index in [1.54, 1.807) is 0 Å². The number of hydrogen-bond donors (Lipinski definition) is 0. The highest BCUT2D eigenvalue weighted by Gasteiger charge is 2.30. The number of halogens is 1. The number of likely N-dealkylation sites (tertiary alicyclic amines) is 1. The van der Waals surface area contributed by atoms with Crippen LogP contribution in [0.1, 0.15) is 44.7 Å². The molecular formula is C18H24BrNO2. The lowest BCUT2D eigenvalue weighted by atomic mass is 10.1. The summed E-state index contributed by atoms with van der Waals surface area (Å²) < 4.78 is 5.48. The third-order valence-electron chi connectivity index (χ3n) is 3.57. The Kier molecular flexibility index (Phi) is 5.68. The van der Waals surface area contributed by atoms with Crippen molar-refractivity contribution in [2.75, 3.05) is 6.54 Å². The van der Waals surface area contributed by atoms with Crippen molar-refractivity contribution in [2.45, 2.75) is 50.6 Å². The molecule has 3 nitrogen and oxygen atoms in total. The first kappa shape index (κ1) is 17.1. The van der Waals surface area contributed by atoms with Gasteiger partial charge in [-0.2, -0.15) is 0 Å². The van der Waals surface area contributed by atoms with E-state index >= 15 is 0 Å². The molecular weight excluding hydrogens is 342 g/mol. The molecule has 1 saturated heterocycles. The van der Waals surface area contributed by atoms with Crippen LogP contribution in [0.5, 0.6) is 0 Å². The molecule has 0 N–H and O–H groups in total. The van der Waals surface area contributed by atoms with Crippen LogP contribution in [-0.2, 0) is 10.1 Å². The van der Waals surface area contributed by atoms with Gasteiger partial charge < -0.3 is 9.64 Å². The van der Waals surface area contributed by atoms with E-state index in [2.05, 4.69) is 52.3 Å². The smallest absolute Gasteiger partial charge is 0.410 e. The molecule has 1 aliphatic rings. The Morgan fingerprint density at radius 2 is 2.05 bits per heavy atom. The van der Waals surface area contributed by atoms with Crippen molar-refractivity contribution in [1.82, 2.24) is 4.90 Å². The van der Waals surface area contributed by atoms with Crippen LogP contribution in [-0.4, -0.2) is 29.2 Å². The summed E-state index contributed by atoms with van der Waals surface area (Å²) in [5, 5.41) is 0.867. The molecule has 0 radical (unpaired) electrons. The summed E-state index contributed by atoms with van der Waals surface area (Å²) in [4.78, 5) is 14.1. The van der Waals surface area contributed by atoms with E-state index in [9.17, 15) is 4.79 Å². The molecule has 0 aromatic heterocycles. The van der Waals surface area contributed by atoms with Crippen molar-refractivity contribution in [2.24, 2.45) is 0 Å². The minimum absolute atomic E-state index is 0.130. The Morgan fingerprint density at radius 3 is 2.64 bits per heavy atom. The number of benzene rings is 1. The maximum absolute atomic E-state index is 12.2. The van der Waals surface area contributed by atoms with Crippen molar-refractivity contribution >= 4 is 28.1 Å². The molecule has 1 aromatic rings. The molecule has 22 heavy (non-hydrogen) atoms. The zero-order valence-corrected chi connectivity index (χ0v) is 15.1. The average Bonchev–Trinajstić information content (AvgIpc) is 2.92. The lowest BCUT2D eigenvalue weighted by Crippen LogP contribution is -2.39. The molecule has 1 fully saturated rings. The predicted octanol–water partition coefficient (Wildman–Crippen LogP) is 4.99. The highest BCUT2D eigenvalue weighted by molar-refractivity contribution is 9.08. The van der Waals surface area contributed by atoms with E-state index in [0.29, 0.717) is 0 Å². The van der Waals surface area contributed by atoms with Crippen molar-refractivity contribution < 1.29 is 9.53 Å². The standard InChI is InChI=1S/C18H24BrNO2/c1-18(2,3)22-17(21)20-12-4-5-16(20)11-10-14-6-8-15(13-19)9-7-14/h6-11,16H,4-5,12-13H2,1-3H3. The molecule has 1 amide bonds. The van der Waals surface area contributed by atoms with E-state index in [0.717, 1.165) is 30.3 Å². The second-order valence-electron chi connectivity index (χ2n) is 6.62. The molecule has 1 unspecified atom stereocenters. The van der Waals surface area contributed by atoms with Gasteiger partial charge in [0.2, 0.25) is 0 Å². The van der Waals surface area contributed by atoms with Gasteiger partial charge >= 0.3 is 6.09 Å². The highest BCUT2D eigenvalue weighted by atomic mass is 79.9. The second kappa shape index (κ2) is 7.32. The first-order chi connectivity index (χ1) is 10.4. The number of carbonyl (C=O) groups excluding carboxylic acids is 1. The van der Waals surface area contributed by atoms with Gasteiger partial charge in [0, 0.05) is 11.9 Å². The zero-order chi connectivity index (χ0) is 16.2. The van der Waals surface area contributed by atoms with Crippen LogP contribution >= 0.6 is 15.9 Å². The lowest BCUT2D eigenvalue weighted by Gasteiger charge is -2.27. The van der Waals surface area contributed by atoms with Gasteiger partial charge in [0.25, 0.3) is 0 Å². The topological polar surface area (TPSA) is 29.5 Å². The van der Waals surface area contributed by atoms with Crippen LogP contribution < -0.4 is 0 Å². The van der Waals surface area contributed by atoms with Crippen molar-refractivity contribution in [1.29, 1.82) is 0 Å². The molecule has 0 spiro atoms. The van der Waals surface area contributed by atoms with E-state index in [1.807, 2.05) is 25.7 Å². The number of amides is 1. The summed E-state index contributed by atoms with van der Waals surface area (Å²) in [7, 11) is 0. The normalized spacial score (nSPS) is 18.9. The van der Waals surface area contributed by atoms with E-state index < -0.39 is 5.60 Å². The SMILES string of the molecule is CC(C)(C)OC(=O)N1CCCC1C=Cc1ccc(CBr)cc1. The average molecular weight is 366 g/mol. The minimum atomic E-state index is -0.445. The minimum Gasteiger partial charge on any atom is -0.444 e. The quantitative estimate of drug-likeness (QED) is 0.705. The summed E-state index contributed by atoms with van der Waals surface area (Å²) in [6.07, 6.45) is 6.01. The number of alkyl halides is 1. The van der Waals surface area contributed by atoms with Gasteiger partial charge in [0.15, 0.2) is 0 Å². The van der Waals surface area contributed by atoms with Crippen molar-refractivity contribution in [3.8, 4) is 0 Å². The third kappa shape index (κ3) is 4.87. The number of ether oxygens (including phenoxy) is 1. The van der Waals surface area contributed by atoms with Gasteiger partial charge in [-0.3, -0.25) is 0 Å². The van der Waals surface area contributed by atoms with Crippen LogP contribution in [0.3, 0.4) is 0 Å². The van der Waals surface area contributed by atoms with E-state index in [4.69, 9.17) is 4.74 Å². The van der Waals surface area contributed by atoms with Gasteiger partial charge in [-0.25, -0.2) is 4.79 Å². The Balaban J connectivity index is 2.00. The Bertz CT molecular complexity index is 531. The molecule has 2 rings (SSSR count). The largest absolute Gasteiger partial charge is 0.444 e. The molecule has 0 aliphatic carbocycles. The fourth-order valence-corrected chi connectivity index (χ4v) is 2.85. The first-order valence-electron chi connectivity index (χ1n) is 7.72. The number of rotatable bonds is 3. The number of hydrogen-bond acceptors (Lipinski definition) is 2. The molecule has 1 atom stereocenters. The molecule has 0 bridgehead atoms. The van der Waals surface area contributed by atoms with Gasteiger partial charge in [-0.1, -0.05) is 52.3 Å². The van der Waals surface area contributed by atoms with Crippen LogP contribution in [0.15, 0.2) is 30.3 Å². The van der Waals surface area contributed by atoms with Gasteiger partial charge in [-0.15, -0.1) is 0 Å². The predicted molar refractivity (Wildman–Crippen MR) is 94.1 cm³/mol. The molecule has 1 aliphatic heterocycles. The van der Waals surface area contributed by atoms with E-state index in [-0.39, 0.29) is 12.1 Å². The maximum Gasteiger partial charge on any atom is 0.410 e. The summed E-state index contributed by atoms with van der Waals surface area (Å²) in [5.74, 6) is 0. The maximum atomic E-state index is 12.2. The Morgan fingerprint density at radius 1 is 1.36 bits per heavy atom. The van der Waals surface area contributed by atoms with Gasteiger partial charge in [0.1, 0.15) is 5.60 Å². The number of nitrogens with zero attached hydrogens (tertiary/aromatic N) is 1. The highest BCUT2D eigenvalue weighted by Crippen LogP contribution is 2.22. The molecule has 0 saturated carbocycles. The summed E-state index contributed by atoms with van der Waals surface area (Å²) in [5.41, 5.74) is 1.97. The molecule has 1 heterocycles. The zero-order valence-electron chi connectivity index (χ0n) is 13.5. The van der Waals surface area contributed by atoms with Crippen LogP contribution in [0.4, 0.5) is 4.79 Å². The van der Waals surface area contributed by atoms with Crippen molar-refractivity contribution in [3.63, 3.8) is 0 Å². The fourth-order valence-electron chi connectivity index (χ4n) is 2.48. The van der Waals surface area contributed by atoms with E-state index in [1.165, 1.54) is 5.56 Å². The Labute approximate surface area is 141 Å². The first-order valence-corrected chi connectivity index (χ1v) is 8.84. The van der Waals surface area contributed by atoms with Crippen LogP contribution in [0.25, 0.3) is 6.08 Å². The lowest BCUT2D eigenvalue weighted by molar-refractivity contribution is 0.0256. The summed E-state index contributed by atoms with van der Waals surface area (Å²) >= 11 is 3.45. The second-order valence-corrected chi connectivity index (χ2v) is 7.18. The summed E-state index contributed by atoms with van der Waals surface area (Å²) in [6.45, 7) is 6.47. The fraction of sp³-hybridized carbons (Fsp3) is 0.500. The molecule has 120 valence electrons. The van der Waals surface area contributed by atoms with Crippen LogP contribution in [0, 0.1) is 0 Å².